The number of fused-ring (bicyclic) bond motifs is 2. The lowest BCUT2D eigenvalue weighted by atomic mass is 10.0. The summed E-state index contributed by atoms with van der Waals surface area (Å²) in [5.41, 5.74) is 2.04. The van der Waals surface area contributed by atoms with Gasteiger partial charge < -0.3 is 15.0 Å². The van der Waals surface area contributed by atoms with Crippen molar-refractivity contribution in [2.75, 3.05) is 25.1 Å². The van der Waals surface area contributed by atoms with Crippen molar-refractivity contribution < 1.29 is 14.3 Å². The minimum absolute atomic E-state index is 0.101. The summed E-state index contributed by atoms with van der Waals surface area (Å²) in [4.78, 5) is 44.8. The van der Waals surface area contributed by atoms with E-state index < -0.39 is 5.92 Å². The summed E-state index contributed by atoms with van der Waals surface area (Å²) in [7, 11) is 1.57. The largest absolute Gasteiger partial charge is 0.497 e. The van der Waals surface area contributed by atoms with E-state index in [0.717, 1.165) is 16.3 Å². The minimum atomic E-state index is -0.451. The molecule has 0 spiro atoms. The van der Waals surface area contributed by atoms with E-state index in [4.69, 9.17) is 4.74 Å². The van der Waals surface area contributed by atoms with Crippen LogP contribution in [0.3, 0.4) is 0 Å². The van der Waals surface area contributed by atoms with E-state index >= 15 is 0 Å². The minimum Gasteiger partial charge on any atom is -0.497 e. The summed E-state index contributed by atoms with van der Waals surface area (Å²) >= 11 is 0. The first-order valence-electron chi connectivity index (χ1n) is 13.1. The standard InChI is InChI=1S/C30H28N6O4/c1-40-24-10-5-9-23(15-24)35-18-22(14-27(35)37)29(38)31-12-13-36-28-26(16-33-36)30(39)34(19-32-28)17-21-8-4-7-20-6-2-3-11-25(20)21/h2-11,15-16,19,22H,12-14,17-18H2,1H3,(H,31,38). The van der Waals surface area contributed by atoms with E-state index in [-0.39, 0.29) is 23.8 Å². The van der Waals surface area contributed by atoms with E-state index in [1.165, 1.54) is 6.20 Å². The Morgan fingerprint density at radius 3 is 2.75 bits per heavy atom. The predicted octanol–water partition coefficient (Wildman–Crippen LogP) is 2.97. The first-order chi connectivity index (χ1) is 19.5. The maximum atomic E-state index is 13.2. The molecule has 10 nitrogen and oxygen atoms in total. The van der Waals surface area contributed by atoms with Crippen LogP contribution in [-0.2, 0) is 22.7 Å². The number of hydrogen-bond donors (Lipinski definition) is 1. The third-order valence-corrected chi connectivity index (χ3v) is 7.33. The van der Waals surface area contributed by atoms with Crippen molar-refractivity contribution in [2.45, 2.75) is 19.5 Å². The molecule has 5 aromatic rings. The number of anilines is 1. The molecule has 0 radical (unpaired) electrons. The highest BCUT2D eigenvalue weighted by Crippen LogP contribution is 2.28. The number of carbonyl (C=O) groups excluding carboxylic acids is 2. The van der Waals surface area contributed by atoms with Crippen molar-refractivity contribution >= 4 is 39.3 Å². The Bertz CT molecular complexity index is 1790. The van der Waals surface area contributed by atoms with Crippen LogP contribution in [0.15, 0.2) is 84.0 Å². The molecular formula is C30H28N6O4. The second-order valence-electron chi connectivity index (χ2n) is 9.82. The molecule has 1 unspecified atom stereocenters. The van der Waals surface area contributed by atoms with Gasteiger partial charge in [-0.1, -0.05) is 48.5 Å². The fourth-order valence-electron chi connectivity index (χ4n) is 5.23. The molecule has 1 aliphatic heterocycles. The molecule has 2 aromatic heterocycles. The van der Waals surface area contributed by atoms with Crippen LogP contribution < -0.4 is 20.5 Å². The highest BCUT2D eigenvalue weighted by Gasteiger charge is 2.35. The average molecular weight is 537 g/mol. The molecule has 1 aliphatic rings. The van der Waals surface area contributed by atoms with Crippen LogP contribution in [0, 0.1) is 5.92 Å². The molecule has 0 bridgehead atoms. The number of amides is 2. The van der Waals surface area contributed by atoms with Gasteiger partial charge in [0.1, 0.15) is 17.5 Å². The van der Waals surface area contributed by atoms with Gasteiger partial charge in [0.2, 0.25) is 11.8 Å². The van der Waals surface area contributed by atoms with Crippen LogP contribution in [0.1, 0.15) is 12.0 Å². The summed E-state index contributed by atoms with van der Waals surface area (Å²) in [6.07, 6.45) is 3.21. The summed E-state index contributed by atoms with van der Waals surface area (Å²) in [5, 5.41) is 9.88. The van der Waals surface area contributed by atoms with Crippen LogP contribution in [0.2, 0.25) is 0 Å². The smallest absolute Gasteiger partial charge is 0.264 e. The van der Waals surface area contributed by atoms with Crippen molar-refractivity contribution in [2.24, 2.45) is 5.92 Å². The Morgan fingerprint density at radius 1 is 1.05 bits per heavy atom. The Hall–Kier alpha value is -4.99. The third kappa shape index (κ3) is 4.79. The van der Waals surface area contributed by atoms with Crippen LogP contribution in [0.5, 0.6) is 5.75 Å². The van der Waals surface area contributed by atoms with Gasteiger partial charge in [-0.05, 0) is 28.5 Å². The highest BCUT2D eigenvalue weighted by atomic mass is 16.5. The van der Waals surface area contributed by atoms with Crippen molar-refractivity contribution in [1.29, 1.82) is 0 Å². The molecular weight excluding hydrogens is 508 g/mol. The van der Waals surface area contributed by atoms with Gasteiger partial charge in [-0.3, -0.25) is 19.0 Å². The number of hydrogen-bond acceptors (Lipinski definition) is 6. The number of carbonyl (C=O) groups is 2. The van der Waals surface area contributed by atoms with Crippen molar-refractivity contribution in [3.63, 3.8) is 0 Å². The average Bonchev–Trinajstić information content (AvgIpc) is 3.58. The number of nitrogens with zero attached hydrogens (tertiary/aromatic N) is 5. The quantitative estimate of drug-likeness (QED) is 0.326. The van der Waals surface area contributed by atoms with Crippen molar-refractivity contribution in [3.05, 3.63) is 95.2 Å². The number of aromatic nitrogens is 4. The Labute approximate surface area is 229 Å². The molecule has 0 aliphatic carbocycles. The fraction of sp³-hybridized carbons (Fsp3) is 0.233. The van der Waals surface area contributed by atoms with Gasteiger partial charge in [0.25, 0.3) is 5.56 Å². The summed E-state index contributed by atoms with van der Waals surface area (Å²) < 4.78 is 8.45. The number of ether oxygens (including phenoxy) is 1. The Balaban J connectivity index is 1.10. The second kappa shape index (κ2) is 10.6. The Kier molecular flexibility index (Phi) is 6.73. The lowest BCUT2D eigenvalue weighted by Crippen LogP contribution is -2.35. The second-order valence-corrected chi connectivity index (χ2v) is 9.82. The van der Waals surface area contributed by atoms with Crippen molar-refractivity contribution in [1.82, 2.24) is 24.6 Å². The molecule has 10 heteroatoms. The Morgan fingerprint density at radius 2 is 1.88 bits per heavy atom. The van der Waals surface area contributed by atoms with Crippen LogP contribution in [0.25, 0.3) is 21.8 Å². The number of rotatable bonds is 8. The van der Waals surface area contributed by atoms with Gasteiger partial charge in [0.05, 0.1) is 32.3 Å². The summed E-state index contributed by atoms with van der Waals surface area (Å²) in [6.45, 7) is 1.34. The lowest BCUT2D eigenvalue weighted by Gasteiger charge is -2.17. The maximum Gasteiger partial charge on any atom is 0.264 e. The predicted molar refractivity (Wildman–Crippen MR) is 151 cm³/mol. The van der Waals surface area contributed by atoms with Crippen LogP contribution in [0.4, 0.5) is 5.69 Å². The zero-order chi connectivity index (χ0) is 27.6. The zero-order valence-electron chi connectivity index (χ0n) is 22.0. The topological polar surface area (TPSA) is 111 Å². The fourth-order valence-corrected chi connectivity index (χ4v) is 5.23. The van der Waals surface area contributed by atoms with Gasteiger partial charge in [-0.15, -0.1) is 0 Å². The molecule has 1 saturated heterocycles. The SMILES string of the molecule is COc1cccc(N2CC(C(=O)NCCn3ncc4c(=O)n(Cc5cccc6ccccc56)cnc43)CC2=O)c1. The van der Waals surface area contributed by atoms with Gasteiger partial charge in [-0.2, -0.15) is 5.10 Å². The first kappa shape index (κ1) is 25.3. The van der Waals surface area contributed by atoms with Gasteiger partial charge in [0, 0.05) is 31.3 Å². The third-order valence-electron chi connectivity index (χ3n) is 7.33. The van der Waals surface area contributed by atoms with Crippen LogP contribution >= 0.6 is 0 Å². The normalized spacial score (nSPS) is 15.2. The van der Waals surface area contributed by atoms with Gasteiger partial charge in [-0.25, -0.2) is 9.67 Å². The molecule has 40 heavy (non-hydrogen) atoms. The van der Waals surface area contributed by atoms with Gasteiger partial charge >= 0.3 is 0 Å². The molecule has 1 atom stereocenters. The summed E-state index contributed by atoms with van der Waals surface area (Å²) in [5.74, 6) is -0.0953. The van der Waals surface area contributed by atoms with E-state index in [2.05, 4.69) is 15.4 Å². The van der Waals surface area contributed by atoms with Crippen LogP contribution in [-0.4, -0.2) is 51.3 Å². The molecule has 3 aromatic carbocycles. The van der Waals surface area contributed by atoms with Crippen molar-refractivity contribution in [3.8, 4) is 5.75 Å². The maximum absolute atomic E-state index is 13.2. The lowest BCUT2D eigenvalue weighted by molar-refractivity contribution is -0.126. The van der Waals surface area contributed by atoms with E-state index in [9.17, 15) is 14.4 Å². The molecule has 202 valence electrons. The molecule has 1 fully saturated rings. The molecule has 0 saturated carbocycles. The summed E-state index contributed by atoms with van der Waals surface area (Å²) in [6, 6.07) is 21.4. The molecule has 3 heterocycles. The van der Waals surface area contributed by atoms with E-state index in [1.807, 2.05) is 60.7 Å². The van der Waals surface area contributed by atoms with E-state index in [0.29, 0.717) is 48.6 Å². The number of benzene rings is 3. The number of methoxy groups -OCH3 is 1. The molecule has 1 N–H and O–H groups in total. The van der Waals surface area contributed by atoms with E-state index in [1.54, 1.807) is 33.7 Å². The first-order valence-corrected chi connectivity index (χ1v) is 13.1. The molecule has 2 amide bonds. The zero-order valence-corrected chi connectivity index (χ0v) is 22.0. The monoisotopic (exact) mass is 536 g/mol. The highest BCUT2D eigenvalue weighted by molar-refractivity contribution is 6.00. The number of nitrogens with one attached hydrogen (secondary N) is 1. The van der Waals surface area contributed by atoms with Gasteiger partial charge in [0.15, 0.2) is 5.65 Å². The molecule has 6 rings (SSSR count).